The fourth-order valence-electron chi connectivity index (χ4n) is 2.69. The van der Waals surface area contributed by atoms with E-state index in [9.17, 15) is 23.2 Å². The van der Waals surface area contributed by atoms with Crippen LogP contribution in [0.25, 0.3) is 0 Å². The molecule has 1 N–H and O–H groups in total. The maximum absolute atomic E-state index is 13.5. The van der Waals surface area contributed by atoms with Gasteiger partial charge in [-0.3, -0.25) is 14.4 Å². The van der Waals surface area contributed by atoms with Crippen molar-refractivity contribution in [3.8, 4) is 0 Å². The molecule has 0 aliphatic heterocycles. The van der Waals surface area contributed by atoms with Gasteiger partial charge >= 0.3 is 17.5 Å². The molecular weight excluding hydrogens is 406 g/mol. The number of carbonyl (C=O) groups is 2. The Hall–Kier alpha value is -2.98. The average Bonchev–Trinajstić information content (AvgIpc) is 3.18. The number of nitrogens with zero attached hydrogens (tertiary/aromatic N) is 1. The van der Waals surface area contributed by atoms with Crippen molar-refractivity contribution in [3.63, 3.8) is 0 Å². The molecular formula is C19H26F2N2O7. The predicted octanol–water partition coefficient (Wildman–Crippen LogP) is 3.05. The molecule has 0 bridgehead atoms. The van der Waals surface area contributed by atoms with E-state index in [1.807, 2.05) is 5.16 Å². The van der Waals surface area contributed by atoms with Crippen LogP contribution in [0.4, 0.5) is 8.78 Å². The molecule has 2 aromatic heterocycles. The van der Waals surface area contributed by atoms with Gasteiger partial charge in [-0.15, -0.1) is 0 Å². The lowest BCUT2D eigenvalue weighted by molar-refractivity contribution is -0.145. The van der Waals surface area contributed by atoms with E-state index in [4.69, 9.17) is 4.52 Å². The highest BCUT2D eigenvalue weighted by Gasteiger charge is 2.33. The van der Waals surface area contributed by atoms with Crippen molar-refractivity contribution in [2.45, 2.75) is 46.5 Å². The maximum Gasteiger partial charge on any atom is 0.316 e. The number of aromatic nitrogens is 2. The molecule has 0 spiro atoms. The minimum Gasteiger partial charge on any atom is -0.468 e. The molecule has 0 fully saturated rings. The van der Waals surface area contributed by atoms with Crippen LogP contribution in [0.15, 0.2) is 13.8 Å². The summed E-state index contributed by atoms with van der Waals surface area (Å²) in [6.07, 6.45) is 0. The lowest BCUT2D eigenvalue weighted by Crippen LogP contribution is -2.21. The molecule has 168 valence electrons. The summed E-state index contributed by atoms with van der Waals surface area (Å²) in [6, 6.07) is 0. The molecule has 0 saturated heterocycles. The van der Waals surface area contributed by atoms with Crippen LogP contribution in [0, 0.1) is 30.4 Å². The second-order valence-electron chi connectivity index (χ2n) is 7.15. The molecule has 30 heavy (non-hydrogen) atoms. The lowest BCUT2D eigenvalue weighted by atomic mass is 9.93. The van der Waals surface area contributed by atoms with Crippen LogP contribution in [0.1, 0.15) is 56.7 Å². The largest absolute Gasteiger partial charge is 0.468 e. The van der Waals surface area contributed by atoms with Gasteiger partial charge in [0, 0.05) is 0 Å². The standard InChI is InChI=1S/C10H14FNO3.C9H12FNO4/c1-5(2)7(10(13)14-4)9-8(11)6(3)12-15-9;1-4(2)5(9(13)14-3)7-6(10)8(12)11-15-7/h5,7H,1-4H3;4-5H,1-3H3,(H,11,12). The van der Waals surface area contributed by atoms with Crippen molar-refractivity contribution in [2.75, 3.05) is 14.2 Å². The van der Waals surface area contributed by atoms with E-state index in [1.54, 1.807) is 27.7 Å². The Balaban J connectivity index is 0.000000300. The topological polar surface area (TPSA) is 125 Å². The third-order valence-corrected chi connectivity index (χ3v) is 4.29. The second-order valence-corrected chi connectivity index (χ2v) is 7.15. The highest BCUT2D eigenvalue weighted by molar-refractivity contribution is 5.78. The van der Waals surface area contributed by atoms with Gasteiger partial charge in [-0.2, -0.15) is 9.55 Å². The van der Waals surface area contributed by atoms with Crippen LogP contribution in [0.3, 0.4) is 0 Å². The molecule has 0 aliphatic rings. The fraction of sp³-hybridized carbons (Fsp3) is 0.579. The van der Waals surface area contributed by atoms with Gasteiger partial charge < -0.3 is 18.5 Å². The molecule has 0 aromatic carbocycles. The van der Waals surface area contributed by atoms with Crippen molar-refractivity contribution >= 4 is 11.9 Å². The first-order chi connectivity index (χ1) is 14.0. The molecule has 2 aromatic rings. The summed E-state index contributed by atoms with van der Waals surface area (Å²) in [6.45, 7) is 8.47. The first-order valence-electron chi connectivity index (χ1n) is 9.11. The molecule has 2 unspecified atom stereocenters. The van der Waals surface area contributed by atoms with Crippen LogP contribution < -0.4 is 5.56 Å². The van der Waals surface area contributed by atoms with Gasteiger partial charge in [0.2, 0.25) is 5.82 Å². The predicted molar refractivity (Wildman–Crippen MR) is 99.7 cm³/mol. The Morgan fingerprint density at radius 2 is 1.40 bits per heavy atom. The van der Waals surface area contributed by atoms with E-state index in [1.165, 1.54) is 21.1 Å². The molecule has 2 atom stereocenters. The van der Waals surface area contributed by atoms with Crippen molar-refractivity contribution in [2.24, 2.45) is 11.8 Å². The number of nitrogens with one attached hydrogen (secondary N) is 1. The van der Waals surface area contributed by atoms with E-state index in [0.717, 1.165) is 0 Å². The monoisotopic (exact) mass is 432 g/mol. The third-order valence-electron chi connectivity index (χ3n) is 4.29. The van der Waals surface area contributed by atoms with E-state index < -0.39 is 41.0 Å². The number of carbonyl (C=O) groups excluding carboxylic acids is 2. The number of ether oxygens (including phenoxy) is 2. The number of halogens is 2. The van der Waals surface area contributed by atoms with Crippen molar-refractivity contribution in [1.82, 2.24) is 10.3 Å². The zero-order valence-corrected chi connectivity index (χ0v) is 17.9. The molecule has 11 heteroatoms. The highest BCUT2D eigenvalue weighted by Crippen LogP contribution is 2.29. The molecule has 0 amide bonds. The van der Waals surface area contributed by atoms with Gasteiger partial charge in [0.05, 0.1) is 14.2 Å². The SMILES string of the molecule is COC(=O)C(c1o[nH]c(=O)c1F)C(C)C.COC(=O)C(c1onc(C)c1F)C(C)C. The number of hydrogen-bond donors (Lipinski definition) is 1. The zero-order chi connectivity index (χ0) is 23.2. The first kappa shape index (κ1) is 25.1. The lowest BCUT2D eigenvalue weighted by Gasteiger charge is -2.14. The number of H-pyrrole nitrogens is 1. The molecule has 2 heterocycles. The van der Waals surface area contributed by atoms with E-state index in [2.05, 4.69) is 19.2 Å². The normalized spacial score (nSPS) is 12.9. The summed E-state index contributed by atoms with van der Waals surface area (Å²) in [5.41, 5.74) is -0.820. The highest BCUT2D eigenvalue weighted by atomic mass is 19.1. The quantitative estimate of drug-likeness (QED) is 0.691. The summed E-state index contributed by atoms with van der Waals surface area (Å²) in [7, 11) is 2.46. The number of hydrogen-bond acceptors (Lipinski definition) is 8. The Morgan fingerprint density at radius 1 is 0.933 bits per heavy atom. The zero-order valence-electron chi connectivity index (χ0n) is 17.9. The van der Waals surface area contributed by atoms with Gasteiger partial charge in [-0.25, -0.2) is 4.39 Å². The Kier molecular flexibility index (Phi) is 8.94. The van der Waals surface area contributed by atoms with E-state index in [-0.39, 0.29) is 29.1 Å². The minimum atomic E-state index is -1.07. The van der Waals surface area contributed by atoms with Crippen LogP contribution in [0.2, 0.25) is 0 Å². The molecule has 0 radical (unpaired) electrons. The molecule has 2 rings (SSSR count). The minimum absolute atomic E-state index is 0.0469. The Bertz CT molecular complexity index is 914. The summed E-state index contributed by atoms with van der Waals surface area (Å²) in [5.74, 6) is -5.13. The summed E-state index contributed by atoms with van der Waals surface area (Å²) in [4.78, 5) is 33.6. The van der Waals surface area contributed by atoms with Crippen molar-refractivity contribution in [1.29, 1.82) is 0 Å². The number of rotatable bonds is 6. The molecule has 9 nitrogen and oxygen atoms in total. The number of esters is 2. The van der Waals surface area contributed by atoms with Crippen molar-refractivity contribution < 1.29 is 36.9 Å². The van der Waals surface area contributed by atoms with Crippen LogP contribution in [-0.4, -0.2) is 36.5 Å². The maximum atomic E-state index is 13.5. The first-order valence-corrected chi connectivity index (χ1v) is 9.11. The van der Waals surface area contributed by atoms with Gasteiger partial charge in [0.25, 0.3) is 0 Å². The number of aromatic amines is 1. The van der Waals surface area contributed by atoms with E-state index >= 15 is 0 Å². The Morgan fingerprint density at radius 3 is 1.70 bits per heavy atom. The van der Waals surface area contributed by atoms with Crippen LogP contribution in [0.5, 0.6) is 0 Å². The molecule has 0 saturated carbocycles. The number of aryl methyl sites for hydroxylation is 1. The third kappa shape index (κ3) is 5.55. The summed E-state index contributed by atoms with van der Waals surface area (Å²) in [5, 5.41) is 5.32. The van der Waals surface area contributed by atoms with Gasteiger partial charge in [-0.05, 0) is 18.8 Å². The van der Waals surface area contributed by atoms with Crippen molar-refractivity contribution in [3.05, 3.63) is 39.2 Å². The fourth-order valence-corrected chi connectivity index (χ4v) is 2.69. The Labute approximate surface area is 171 Å². The summed E-state index contributed by atoms with van der Waals surface area (Å²) >= 11 is 0. The molecule has 0 aliphatic carbocycles. The number of methoxy groups -OCH3 is 2. The van der Waals surface area contributed by atoms with Gasteiger partial charge in [0.15, 0.2) is 17.3 Å². The van der Waals surface area contributed by atoms with Crippen LogP contribution >= 0.6 is 0 Å². The van der Waals surface area contributed by atoms with Crippen LogP contribution in [-0.2, 0) is 19.1 Å². The average molecular weight is 432 g/mol. The smallest absolute Gasteiger partial charge is 0.316 e. The second kappa shape index (κ2) is 10.7. The van der Waals surface area contributed by atoms with E-state index in [0.29, 0.717) is 0 Å². The van der Waals surface area contributed by atoms with Gasteiger partial charge in [-0.1, -0.05) is 32.9 Å². The van der Waals surface area contributed by atoms with Gasteiger partial charge in [0.1, 0.15) is 17.5 Å². The summed E-state index contributed by atoms with van der Waals surface area (Å²) < 4.78 is 45.3.